The van der Waals surface area contributed by atoms with Crippen LogP contribution in [0.2, 0.25) is 15.1 Å². The van der Waals surface area contributed by atoms with E-state index in [1.165, 1.54) is 0 Å². The summed E-state index contributed by atoms with van der Waals surface area (Å²) in [4.78, 5) is 9.00. The molecule has 3 N–H and O–H groups in total. The fraction of sp³-hybridized carbons (Fsp3) is 0.125. The number of benzene rings is 1. The van der Waals surface area contributed by atoms with Gasteiger partial charge in [-0.2, -0.15) is 0 Å². The quantitative estimate of drug-likeness (QED) is 0.778. The predicted octanol–water partition coefficient (Wildman–Crippen LogP) is 2.91. The van der Waals surface area contributed by atoms with Gasteiger partial charge >= 0.3 is 0 Å². The smallest absolute Gasteiger partial charge is 0.300 e. The van der Waals surface area contributed by atoms with Gasteiger partial charge in [-0.3, -0.25) is 4.79 Å². The van der Waals surface area contributed by atoms with Crippen molar-refractivity contribution in [3.05, 3.63) is 33.3 Å². The summed E-state index contributed by atoms with van der Waals surface area (Å²) in [5.41, 5.74) is 0. The van der Waals surface area contributed by atoms with Gasteiger partial charge < -0.3 is 10.6 Å². The third-order valence-electron chi connectivity index (χ3n) is 0.827. The zero-order valence-corrected chi connectivity index (χ0v) is 9.49. The monoisotopic (exact) mass is 258 g/mol. The topological polar surface area (TPSA) is 68.8 Å². The number of hydrogen-bond donors (Lipinski definition) is 1. The molecule has 1 rings (SSSR count). The van der Waals surface area contributed by atoms with Crippen molar-refractivity contribution >= 4 is 40.8 Å². The molecule has 0 atom stereocenters. The van der Waals surface area contributed by atoms with Gasteiger partial charge in [-0.05, 0) is 18.2 Å². The molecule has 0 aliphatic heterocycles. The largest absolute Gasteiger partial charge is 0.481 e. The Kier molecular flexibility index (Phi) is 8.99. The molecule has 0 amide bonds. The third-order valence-corrected chi connectivity index (χ3v) is 1.48. The van der Waals surface area contributed by atoms with E-state index in [0.29, 0.717) is 15.1 Å². The number of rotatable bonds is 0. The van der Waals surface area contributed by atoms with Crippen LogP contribution in [-0.4, -0.2) is 16.6 Å². The van der Waals surface area contributed by atoms with Crippen LogP contribution in [0.25, 0.3) is 0 Å². The molecular weight excluding hydrogens is 250 g/mol. The molecule has 80 valence electrons. The summed E-state index contributed by atoms with van der Waals surface area (Å²) in [7, 11) is 0. The summed E-state index contributed by atoms with van der Waals surface area (Å²) in [5, 5.41) is 9.10. The van der Waals surface area contributed by atoms with Gasteiger partial charge in [0.1, 0.15) is 0 Å². The molecular formula is C8H9Cl3O3. The maximum Gasteiger partial charge on any atom is 0.300 e. The Hall–Kier alpha value is -0.480. The van der Waals surface area contributed by atoms with Gasteiger partial charge in [-0.1, -0.05) is 34.8 Å². The minimum absolute atomic E-state index is 0. The van der Waals surface area contributed by atoms with Crippen LogP contribution < -0.4 is 0 Å². The van der Waals surface area contributed by atoms with E-state index in [-0.39, 0.29) is 5.48 Å². The predicted molar refractivity (Wildman–Crippen MR) is 58.4 cm³/mol. The average Bonchev–Trinajstić information content (AvgIpc) is 1.80. The van der Waals surface area contributed by atoms with Gasteiger partial charge in [0.2, 0.25) is 0 Å². The number of halogens is 3. The molecule has 6 heteroatoms. The van der Waals surface area contributed by atoms with Crippen LogP contribution in [0.5, 0.6) is 0 Å². The maximum atomic E-state index is 9.00. The number of aliphatic carboxylic acids is 1. The minimum Gasteiger partial charge on any atom is -0.481 e. The lowest BCUT2D eigenvalue weighted by molar-refractivity contribution is -0.134. The molecule has 0 saturated heterocycles. The van der Waals surface area contributed by atoms with Gasteiger partial charge in [0.15, 0.2) is 0 Å². The van der Waals surface area contributed by atoms with E-state index in [4.69, 9.17) is 44.7 Å². The average molecular weight is 260 g/mol. The Morgan fingerprint density at radius 1 is 1.07 bits per heavy atom. The van der Waals surface area contributed by atoms with Crippen molar-refractivity contribution < 1.29 is 15.4 Å². The van der Waals surface area contributed by atoms with E-state index >= 15 is 0 Å². The van der Waals surface area contributed by atoms with E-state index in [0.717, 1.165) is 6.92 Å². The first kappa shape index (κ1) is 16.0. The maximum absolute atomic E-state index is 9.00. The van der Waals surface area contributed by atoms with Crippen LogP contribution in [0.1, 0.15) is 6.92 Å². The van der Waals surface area contributed by atoms with E-state index < -0.39 is 5.97 Å². The van der Waals surface area contributed by atoms with E-state index in [1.54, 1.807) is 18.2 Å². The molecule has 0 unspecified atom stereocenters. The van der Waals surface area contributed by atoms with E-state index in [1.807, 2.05) is 0 Å². The van der Waals surface area contributed by atoms with Crippen molar-refractivity contribution in [2.45, 2.75) is 6.92 Å². The molecule has 0 fully saturated rings. The highest BCUT2D eigenvalue weighted by Crippen LogP contribution is 2.21. The lowest BCUT2D eigenvalue weighted by Gasteiger charge is -1.91. The molecule has 0 aliphatic carbocycles. The zero-order chi connectivity index (χ0) is 10.4. The molecule has 0 heterocycles. The zero-order valence-electron chi connectivity index (χ0n) is 7.22. The number of hydrogen-bond acceptors (Lipinski definition) is 1. The van der Waals surface area contributed by atoms with Crippen LogP contribution in [0.15, 0.2) is 18.2 Å². The van der Waals surface area contributed by atoms with Gasteiger partial charge in [-0.25, -0.2) is 0 Å². The summed E-state index contributed by atoms with van der Waals surface area (Å²) in [6.07, 6.45) is 0. The van der Waals surface area contributed by atoms with Crippen molar-refractivity contribution in [3.63, 3.8) is 0 Å². The second kappa shape index (κ2) is 7.88. The van der Waals surface area contributed by atoms with Crippen LogP contribution in [0, 0.1) is 0 Å². The first-order valence-electron chi connectivity index (χ1n) is 3.23. The first-order valence-corrected chi connectivity index (χ1v) is 4.36. The molecule has 14 heavy (non-hydrogen) atoms. The molecule has 3 nitrogen and oxygen atoms in total. The molecule has 0 bridgehead atoms. The van der Waals surface area contributed by atoms with Gasteiger partial charge in [0, 0.05) is 22.0 Å². The molecule has 0 saturated carbocycles. The molecule has 0 aliphatic rings. The van der Waals surface area contributed by atoms with Crippen LogP contribution in [0.3, 0.4) is 0 Å². The summed E-state index contributed by atoms with van der Waals surface area (Å²) in [5.74, 6) is -0.833. The molecule has 0 aromatic heterocycles. The Balaban J connectivity index is 0. The molecule has 0 radical (unpaired) electrons. The summed E-state index contributed by atoms with van der Waals surface area (Å²) >= 11 is 16.7. The third kappa shape index (κ3) is 9.61. The van der Waals surface area contributed by atoms with Crippen molar-refractivity contribution in [1.29, 1.82) is 0 Å². The highest BCUT2D eigenvalue weighted by atomic mass is 35.5. The van der Waals surface area contributed by atoms with Crippen LogP contribution >= 0.6 is 34.8 Å². The van der Waals surface area contributed by atoms with Crippen LogP contribution in [-0.2, 0) is 4.79 Å². The van der Waals surface area contributed by atoms with Crippen molar-refractivity contribution in [1.82, 2.24) is 0 Å². The fourth-order valence-electron chi connectivity index (χ4n) is 0.520. The normalized spacial score (nSPS) is 8.00. The van der Waals surface area contributed by atoms with Crippen LogP contribution in [0.4, 0.5) is 0 Å². The summed E-state index contributed by atoms with van der Waals surface area (Å²) in [6.45, 7) is 1.08. The Labute approximate surface area is 96.5 Å². The van der Waals surface area contributed by atoms with E-state index in [2.05, 4.69) is 0 Å². The highest BCUT2D eigenvalue weighted by Gasteiger charge is 1.92. The van der Waals surface area contributed by atoms with Gasteiger partial charge in [-0.15, -0.1) is 0 Å². The highest BCUT2D eigenvalue weighted by molar-refractivity contribution is 6.38. The fourth-order valence-corrected chi connectivity index (χ4v) is 1.39. The van der Waals surface area contributed by atoms with Crippen molar-refractivity contribution in [2.24, 2.45) is 0 Å². The lowest BCUT2D eigenvalue weighted by Crippen LogP contribution is -1.78. The number of carbonyl (C=O) groups is 1. The second-order valence-electron chi connectivity index (χ2n) is 2.11. The molecule has 1 aromatic rings. The van der Waals surface area contributed by atoms with Crippen molar-refractivity contribution in [2.75, 3.05) is 0 Å². The SMILES string of the molecule is CC(=O)O.Clc1cc(Cl)cc(Cl)c1.O. The van der Waals surface area contributed by atoms with Gasteiger partial charge in [0.05, 0.1) is 0 Å². The summed E-state index contributed by atoms with van der Waals surface area (Å²) in [6, 6.07) is 4.90. The summed E-state index contributed by atoms with van der Waals surface area (Å²) < 4.78 is 0. The minimum atomic E-state index is -0.833. The van der Waals surface area contributed by atoms with Gasteiger partial charge in [0.25, 0.3) is 5.97 Å². The van der Waals surface area contributed by atoms with Crippen molar-refractivity contribution in [3.8, 4) is 0 Å². The Morgan fingerprint density at radius 3 is 1.36 bits per heavy atom. The number of carboxylic acids is 1. The second-order valence-corrected chi connectivity index (χ2v) is 3.42. The Bertz CT molecular complexity index is 247. The van der Waals surface area contributed by atoms with E-state index in [9.17, 15) is 0 Å². The lowest BCUT2D eigenvalue weighted by atomic mass is 10.4. The standard InChI is InChI=1S/C6H3Cl3.C2H4O2.H2O/c7-4-1-5(8)3-6(9)2-4;1-2(3)4;/h1-3H;1H3,(H,3,4);1H2. The first-order chi connectivity index (χ1) is 5.91. The molecule has 0 spiro atoms. The molecule has 1 aromatic carbocycles. The number of carboxylic acid groups (broad SMARTS) is 1. The Morgan fingerprint density at radius 2 is 1.21 bits per heavy atom.